The summed E-state index contributed by atoms with van der Waals surface area (Å²) in [5, 5.41) is 11.9. The van der Waals surface area contributed by atoms with Crippen LogP contribution in [0.25, 0.3) is 11.5 Å². The highest BCUT2D eigenvalue weighted by Crippen LogP contribution is 2.30. The van der Waals surface area contributed by atoms with Gasteiger partial charge in [0.05, 0.1) is 11.1 Å². The summed E-state index contributed by atoms with van der Waals surface area (Å²) < 4.78 is 42.8. The number of hydrogen-bond acceptors (Lipinski definition) is 3. The van der Waals surface area contributed by atoms with Crippen LogP contribution in [0, 0.1) is 12.1 Å². The van der Waals surface area contributed by atoms with E-state index in [1.54, 1.807) is 0 Å². The molecule has 1 heterocycles. The summed E-state index contributed by atoms with van der Waals surface area (Å²) in [6, 6.07) is 3.94. The van der Waals surface area contributed by atoms with Crippen molar-refractivity contribution < 1.29 is 27.1 Å². The minimum absolute atomic E-state index is 0.127. The van der Waals surface area contributed by atoms with E-state index in [1.807, 2.05) is 0 Å². The van der Waals surface area contributed by atoms with Gasteiger partial charge in [0.2, 0.25) is 5.78 Å². The molecule has 0 saturated heterocycles. The molecule has 0 fully saturated rings. The number of aryl methyl sites for hydroxylation is 1. The highest BCUT2D eigenvalue weighted by Gasteiger charge is 2.31. The molecule has 7 heteroatoms. The van der Waals surface area contributed by atoms with E-state index < -0.39 is 17.5 Å². The van der Waals surface area contributed by atoms with Crippen molar-refractivity contribution in [2.24, 2.45) is 0 Å². The Morgan fingerprint density at radius 3 is 2.20 bits per heavy atom. The average Bonchev–Trinajstić information content (AvgIpc) is 2.64. The molecule has 1 aromatic carbocycles. The molecule has 0 aliphatic carbocycles. The SMILES string of the molecule is CC(=O)c1c(C)oc(-c2ccc(C(F)(F)F)cc2)[n+]1[O-]. The first-order valence-electron chi connectivity index (χ1n) is 5.63. The molecule has 0 radical (unpaired) electrons. The number of rotatable bonds is 2. The van der Waals surface area contributed by atoms with Gasteiger partial charge in [0.1, 0.15) is 0 Å². The lowest BCUT2D eigenvalue weighted by molar-refractivity contribution is -0.598. The third-order valence-electron chi connectivity index (χ3n) is 2.76. The van der Waals surface area contributed by atoms with Gasteiger partial charge in [0, 0.05) is 13.8 Å². The van der Waals surface area contributed by atoms with E-state index in [4.69, 9.17) is 4.42 Å². The zero-order valence-electron chi connectivity index (χ0n) is 10.6. The zero-order valence-corrected chi connectivity index (χ0v) is 10.6. The van der Waals surface area contributed by atoms with Crippen LogP contribution < -0.4 is 4.73 Å². The number of hydrogen-bond donors (Lipinski definition) is 0. The fourth-order valence-electron chi connectivity index (χ4n) is 1.85. The van der Waals surface area contributed by atoms with Crippen molar-refractivity contribution in [3.63, 3.8) is 0 Å². The van der Waals surface area contributed by atoms with Crippen LogP contribution in [0.2, 0.25) is 0 Å². The second-order valence-corrected chi connectivity index (χ2v) is 4.24. The highest BCUT2D eigenvalue weighted by atomic mass is 19.4. The molecule has 4 nitrogen and oxygen atoms in total. The van der Waals surface area contributed by atoms with E-state index in [0.29, 0.717) is 4.73 Å². The van der Waals surface area contributed by atoms with Gasteiger partial charge in [-0.15, -0.1) is 4.73 Å². The van der Waals surface area contributed by atoms with Gasteiger partial charge in [0.25, 0.3) is 0 Å². The Balaban J connectivity index is 2.48. The number of ketones is 1. The molecule has 106 valence electrons. The summed E-state index contributed by atoms with van der Waals surface area (Å²) in [5.41, 5.74) is -0.808. The van der Waals surface area contributed by atoms with Crippen LogP contribution in [0.5, 0.6) is 0 Å². The van der Waals surface area contributed by atoms with E-state index >= 15 is 0 Å². The van der Waals surface area contributed by atoms with Gasteiger partial charge in [-0.1, -0.05) is 0 Å². The van der Waals surface area contributed by atoms with Crippen LogP contribution in [-0.4, -0.2) is 5.78 Å². The van der Waals surface area contributed by atoms with Crippen molar-refractivity contribution in [1.82, 2.24) is 0 Å². The lowest BCUT2D eigenvalue weighted by Crippen LogP contribution is -2.33. The Morgan fingerprint density at radius 1 is 1.25 bits per heavy atom. The van der Waals surface area contributed by atoms with Gasteiger partial charge in [-0.3, -0.25) is 4.79 Å². The minimum Gasteiger partial charge on any atom is -0.615 e. The molecule has 0 spiro atoms. The first kappa shape index (κ1) is 14.1. The standard InChI is InChI=1S/C13H10F3NO3/c1-7(18)11-8(2)20-12(17(11)19)9-3-5-10(6-4-9)13(14,15)16/h3-6H,1-2H3. The van der Waals surface area contributed by atoms with Crippen LogP contribution in [0.3, 0.4) is 0 Å². The summed E-state index contributed by atoms with van der Waals surface area (Å²) in [4.78, 5) is 11.3. The van der Waals surface area contributed by atoms with Crippen molar-refractivity contribution in [3.05, 3.63) is 46.5 Å². The molecule has 0 amide bonds. The normalized spacial score (nSPS) is 11.7. The second kappa shape index (κ2) is 4.66. The molecular weight excluding hydrogens is 275 g/mol. The molecule has 0 N–H and O–H groups in total. The molecule has 0 aliphatic rings. The Bertz CT molecular complexity index is 657. The third-order valence-corrected chi connectivity index (χ3v) is 2.76. The molecule has 0 unspecified atom stereocenters. The van der Waals surface area contributed by atoms with Crippen LogP contribution in [0.15, 0.2) is 28.7 Å². The number of aromatic nitrogens is 1. The van der Waals surface area contributed by atoms with Crippen molar-refractivity contribution >= 4 is 5.78 Å². The summed E-state index contributed by atoms with van der Waals surface area (Å²) >= 11 is 0. The number of halogens is 3. The van der Waals surface area contributed by atoms with Gasteiger partial charge in [0.15, 0.2) is 5.76 Å². The van der Waals surface area contributed by atoms with Gasteiger partial charge < -0.3 is 9.62 Å². The molecule has 20 heavy (non-hydrogen) atoms. The molecule has 0 aliphatic heterocycles. The summed E-state index contributed by atoms with van der Waals surface area (Å²) in [7, 11) is 0. The van der Waals surface area contributed by atoms with Crippen LogP contribution >= 0.6 is 0 Å². The number of carbonyl (C=O) groups excluding carboxylic acids is 1. The number of Topliss-reactive ketones (excluding diaryl/α,β-unsaturated/α-hetero) is 1. The van der Waals surface area contributed by atoms with E-state index in [1.165, 1.54) is 13.8 Å². The van der Waals surface area contributed by atoms with E-state index in [2.05, 4.69) is 0 Å². The molecule has 0 saturated carbocycles. The monoisotopic (exact) mass is 285 g/mol. The number of carbonyl (C=O) groups is 1. The maximum Gasteiger partial charge on any atom is 0.416 e. The number of alkyl halides is 3. The summed E-state index contributed by atoms with van der Waals surface area (Å²) in [6.45, 7) is 2.65. The van der Waals surface area contributed by atoms with Crippen molar-refractivity contribution in [3.8, 4) is 11.5 Å². The van der Waals surface area contributed by atoms with E-state index in [-0.39, 0.29) is 22.9 Å². The van der Waals surface area contributed by atoms with E-state index in [9.17, 15) is 23.2 Å². The molecule has 1 aromatic heterocycles. The fraction of sp³-hybridized carbons (Fsp3) is 0.231. The van der Waals surface area contributed by atoms with Gasteiger partial charge >= 0.3 is 17.8 Å². The van der Waals surface area contributed by atoms with Crippen LogP contribution in [0.1, 0.15) is 28.7 Å². The Labute approximate surface area is 112 Å². The van der Waals surface area contributed by atoms with Gasteiger partial charge in [-0.05, 0) is 24.3 Å². The Morgan fingerprint density at radius 2 is 1.80 bits per heavy atom. The van der Waals surface area contributed by atoms with Crippen molar-refractivity contribution in [2.75, 3.05) is 0 Å². The van der Waals surface area contributed by atoms with Crippen molar-refractivity contribution in [2.45, 2.75) is 20.0 Å². The third kappa shape index (κ3) is 2.38. The Kier molecular flexibility index (Phi) is 3.29. The topological polar surface area (TPSA) is 57.2 Å². The summed E-state index contributed by atoms with van der Waals surface area (Å²) in [6.07, 6.45) is -4.45. The zero-order chi connectivity index (χ0) is 15.1. The molecular formula is C13H10F3NO3. The highest BCUT2D eigenvalue weighted by molar-refractivity contribution is 5.91. The van der Waals surface area contributed by atoms with Crippen LogP contribution in [-0.2, 0) is 6.18 Å². The maximum atomic E-state index is 12.4. The largest absolute Gasteiger partial charge is 0.615 e. The second-order valence-electron chi connectivity index (χ2n) is 4.24. The molecule has 2 rings (SSSR count). The van der Waals surface area contributed by atoms with E-state index in [0.717, 1.165) is 24.3 Å². The smallest absolute Gasteiger partial charge is 0.416 e. The lowest BCUT2D eigenvalue weighted by Gasteiger charge is -2.06. The lowest BCUT2D eigenvalue weighted by atomic mass is 10.1. The molecule has 0 atom stereocenters. The first-order valence-corrected chi connectivity index (χ1v) is 5.63. The van der Waals surface area contributed by atoms with Gasteiger partial charge in [-0.25, -0.2) is 0 Å². The summed E-state index contributed by atoms with van der Waals surface area (Å²) in [5.74, 6) is -0.553. The predicted molar refractivity (Wildman–Crippen MR) is 62.8 cm³/mol. The number of benzene rings is 1. The Hall–Kier alpha value is -2.31. The molecule has 0 bridgehead atoms. The van der Waals surface area contributed by atoms with Crippen LogP contribution in [0.4, 0.5) is 13.2 Å². The quantitative estimate of drug-likeness (QED) is 0.484. The molecule has 2 aromatic rings. The first-order chi connectivity index (χ1) is 9.21. The maximum absolute atomic E-state index is 12.4. The number of nitrogens with zero attached hydrogens (tertiary/aromatic N) is 1. The minimum atomic E-state index is -4.45. The predicted octanol–water partition coefficient (Wildman–Crippen LogP) is 3.11. The average molecular weight is 285 g/mol. The fourth-order valence-corrected chi connectivity index (χ4v) is 1.85. The van der Waals surface area contributed by atoms with Gasteiger partial charge in [-0.2, -0.15) is 13.2 Å². The number of oxazole rings is 1. The van der Waals surface area contributed by atoms with Crippen molar-refractivity contribution in [1.29, 1.82) is 0 Å².